The number of nitrogens with zero attached hydrogens (tertiary/aromatic N) is 1. The standard InChI is InChI=1S/C65H115N2O6P/c1-6-8-10-12-14-16-18-20-22-24-26-28-30-32-33-35-36-38-40-42-44-46-48-50-52-54-56-58-64(68)63(62-73-74(70,71)72-61-60-67(3,4)5)66-65(69)59-57-55-53-51-49-47-45-43-41-39-37-34-31-29-27-25-23-21-19-17-15-13-11-9-7-2/h9,11,15,17,21,23,27,29,34,37,41,43,47-50,56,58,63-64,68H,6-8,10,12-14,16,18-20,22,24-26,28,30-33,35-36,38-40,42,44-46,51-55,57,59-62H2,1-5H3,(H-,66,69,70,71)/b11-9-,17-15-,23-21-,29-27-,37-34-,43-41-,49-47-,50-48+,58-56+. The Kier molecular flexibility index (Phi) is 52.8. The third-order valence-corrected chi connectivity index (χ3v) is 13.9. The van der Waals surface area contributed by atoms with E-state index in [0.717, 1.165) is 83.5 Å². The van der Waals surface area contributed by atoms with Gasteiger partial charge in [0.1, 0.15) is 13.2 Å². The minimum Gasteiger partial charge on any atom is -0.756 e. The number of rotatable bonds is 54. The number of carbonyl (C=O) groups is 1. The van der Waals surface area contributed by atoms with Crippen molar-refractivity contribution in [2.45, 2.75) is 257 Å². The lowest BCUT2D eigenvalue weighted by atomic mass is 10.0. The van der Waals surface area contributed by atoms with Crippen molar-refractivity contribution in [3.8, 4) is 0 Å². The van der Waals surface area contributed by atoms with E-state index in [4.69, 9.17) is 9.05 Å². The molecular formula is C65H115N2O6P. The van der Waals surface area contributed by atoms with E-state index in [1.165, 1.54) is 135 Å². The number of quaternary nitrogens is 1. The summed E-state index contributed by atoms with van der Waals surface area (Å²) in [4.78, 5) is 25.5. The highest BCUT2D eigenvalue weighted by Crippen LogP contribution is 2.38. The zero-order chi connectivity index (χ0) is 54.2. The Bertz CT molecular complexity index is 1570. The van der Waals surface area contributed by atoms with Crippen molar-refractivity contribution in [2.75, 3.05) is 40.9 Å². The Morgan fingerprint density at radius 1 is 0.486 bits per heavy atom. The normalized spacial score (nSPS) is 14.6. The molecule has 0 heterocycles. The van der Waals surface area contributed by atoms with Gasteiger partial charge in [-0.05, 0) is 89.9 Å². The van der Waals surface area contributed by atoms with E-state index in [1.54, 1.807) is 6.08 Å². The number of aliphatic hydroxyl groups excluding tert-OH is 1. The van der Waals surface area contributed by atoms with E-state index in [0.29, 0.717) is 17.4 Å². The van der Waals surface area contributed by atoms with E-state index in [1.807, 2.05) is 27.2 Å². The molecule has 9 heteroatoms. The molecule has 3 atom stereocenters. The van der Waals surface area contributed by atoms with E-state index in [-0.39, 0.29) is 18.9 Å². The maximum atomic E-state index is 13.0. The van der Waals surface area contributed by atoms with E-state index in [9.17, 15) is 19.4 Å². The lowest BCUT2D eigenvalue weighted by Crippen LogP contribution is -2.45. The van der Waals surface area contributed by atoms with E-state index < -0.39 is 26.6 Å². The van der Waals surface area contributed by atoms with Gasteiger partial charge in [-0.15, -0.1) is 0 Å². The molecular weight excluding hydrogens is 936 g/mol. The topological polar surface area (TPSA) is 108 Å². The Balaban J connectivity index is 4.33. The number of amides is 1. The van der Waals surface area contributed by atoms with Gasteiger partial charge in [0, 0.05) is 6.42 Å². The molecule has 0 aliphatic carbocycles. The average Bonchev–Trinajstić information content (AvgIpc) is 3.36. The second-order valence-electron chi connectivity index (χ2n) is 21.3. The van der Waals surface area contributed by atoms with Crippen LogP contribution in [0.3, 0.4) is 0 Å². The lowest BCUT2D eigenvalue weighted by Gasteiger charge is -2.29. The Labute approximate surface area is 457 Å². The number of carbonyl (C=O) groups excluding carboxylic acids is 1. The van der Waals surface area contributed by atoms with Crippen LogP contribution in [0.15, 0.2) is 109 Å². The molecule has 0 spiro atoms. The molecule has 0 aliphatic heterocycles. The van der Waals surface area contributed by atoms with Crippen molar-refractivity contribution in [3.05, 3.63) is 109 Å². The number of hydrogen-bond acceptors (Lipinski definition) is 6. The van der Waals surface area contributed by atoms with Gasteiger partial charge in [0.25, 0.3) is 7.82 Å². The monoisotopic (exact) mass is 1050 g/mol. The number of allylic oxidation sites excluding steroid dienone is 17. The number of likely N-dealkylation sites (N-methyl/N-ethyl adjacent to an activating group) is 1. The van der Waals surface area contributed by atoms with Crippen LogP contribution >= 0.6 is 7.82 Å². The molecule has 0 saturated carbocycles. The molecule has 0 aromatic heterocycles. The van der Waals surface area contributed by atoms with Gasteiger partial charge in [0.15, 0.2) is 0 Å². The van der Waals surface area contributed by atoms with Gasteiger partial charge >= 0.3 is 0 Å². The van der Waals surface area contributed by atoms with Gasteiger partial charge in [0.2, 0.25) is 5.91 Å². The SMILES string of the molecule is CC/C=C\C/C=C\C/C=C\C/C=C\C/C=C\C/C=C\C/C=C\CCCCCC(=O)NC(COP(=O)([O-])OCC[N+](C)(C)C)C(O)/C=C/CC/C=C/CCCCCCCCCCCCCCCCCCCCCCC. The summed E-state index contributed by atoms with van der Waals surface area (Å²) in [5.74, 6) is -0.242. The third kappa shape index (κ3) is 56.9. The van der Waals surface area contributed by atoms with Crippen LogP contribution in [0.4, 0.5) is 0 Å². The first-order chi connectivity index (χ1) is 36.0. The van der Waals surface area contributed by atoms with Crippen LogP contribution in [-0.2, 0) is 18.4 Å². The molecule has 0 saturated heterocycles. The summed E-state index contributed by atoms with van der Waals surface area (Å²) >= 11 is 0. The van der Waals surface area contributed by atoms with Crippen LogP contribution in [0.1, 0.15) is 245 Å². The Morgan fingerprint density at radius 3 is 1.26 bits per heavy atom. The molecule has 2 N–H and O–H groups in total. The summed E-state index contributed by atoms with van der Waals surface area (Å²) in [6, 6.07) is -0.931. The lowest BCUT2D eigenvalue weighted by molar-refractivity contribution is -0.870. The number of nitrogens with one attached hydrogen (secondary N) is 1. The molecule has 3 unspecified atom stereocenters. The zero-order valence-corrected chi connectivity index (χ0v) is 49.4. The van der Waals surface area contributed by atoms with Crippen LogP contribution in [0.25, 0.3) is 0 Å². The predicted molar refractivity (Wildman–Crippen MR) is 320 cm³/mol. The molecule has 0 radical (unpaired) electrons. The first-order valence-electron chi connectivity index (χ1n) is 30.2. The Hall–Kier alpha value is -2.84. The number of unbranched alkanes of at least 4 members (excludes halogenated alkanes) is 25. The molecule has 0 aromatic carbocycles. The highest BCUT2D eigenvalue weighted by Gasteiger charge is 2.23. The number of phosphoric acid groups is 1. The summed E-state index contributed by atoms with van der Waals surface area (Å²) in [5.41, 5.74) is 0. The molecule has 0 aromatic rings. The average molecular weight is 1050 g/mol. The summed E-state index contributed by atoms with van der Waals surface area (Å²) in [5, 5.41) is 13.9. The van der Waals surface area contributed by atoms with Gasteiger partial charge in [-0.2, -0.15) is 0 Å². The van der Waals surface area contributed by atoms with Crippen molar-refractivity contribution in [1.82, 2.24) is 5.32 Å². The van der Waals surface area contributed by atoms with Crippen molar-refractivity contribution in [2.24, 2.45) is 0 Å². The van der Waals surface area contributed by atoms with Crippen LogP contribution in [0.5, 0.6) is 0 Å². The summed E-state index contributed by atoms with van der Waals surface area (Å²) in [7, 11) is 1.21. The van der Waals surface area contributed by atoms with Crippen molar-refractivity contribution in [3.63, 3.8) is 0 Å². The number of hydrogen-bond donors (Lipinski definition) is 2. The minimum absolute atomic E-state index is 0.0193. The first-order valence-corrected chi connectivity index (χ1v) is 31.7. The molecule has 0 bridgehead atoms. The predicted octanol–water partition coefficient (Wildman–Crippen LogP) is 18.1. The molecule has 0 fully saturated rings. The van der Waals surface area contributed by atoms with Crippen molar-refractivity contribution < 1.29 is 32.9 Å². The van der Waals surface area contributed by atoms with Gasteiger partial charge in [-0.1, -0.05) is 258 Å². The van der Waals surface area contributed by atoms with Crippen molar-refractivity contribution >= 4 is 13.7 Å². The van der Waals surface area contributed by atoms with Crippen LogP contribution < -0.4 is 10.2 Å². The summed E-state index contributed by atoms with van der Waals surface area (Å²) < 4.78 is 23.3. The Morgan fingerprint density at radius 2 is 0.838 bits per heavy atom. The second kappa shape index (κ2) is 54.9. The number of phosphoric ester groups is 1. The van der Waals surface area contributed by atoms with Gasteiger partial charge in [0.05, 0.1) is 39.9 Å². The molecule has 8 nitrogen and oxygen atoms in total. The maximum Gasteiger partial charge on any atom is 0.268 e. The molecule has 0 rings (SSSR count). The fraction of sp³-hybridized carbons (Fsp3) is 0.708. The molecule has 426 valence electrons. The highest BCUT2D eigenvalue weighted by atomic mass is 31.2. The van der Waals surface area contributed by atoms with E-state index >= 15 is 0 Å². The van der Waals surface area contributed by atoms with Gasteiger partial charge in [-0.3, -0.25) is 9.36 Å². The van der Waals surface area contributed by atoms with Gasteiger partial charge < -0.3 is 28.8 Å². The third-order valence-electron chi connectivity index (χ3n) is 13.0. The summed E-state index contributed by atoms with van der Waals surface area (Å²) in [6.45, 7) is 4.49. The minimum atomic E-state index is -4.63. The smallest absolute Gasteiger partial charge is 0.268 e. The van der Waals surface area contributed by atoms with Crippen LogP contribution in [0.2, 0.25) is 0 Å². The van der Waals surface area contributed by atoms with Gasteiger partial charge in [-0.25, -0.2) is 0 Å². The fourth-order valence-electron chi connectivity index (χ4n) is 8.27. The fourth-order valence-corrected chi connectivity index (χ4v) is 8.99. The largest absolute Gasteiger partial charge is 0.756 e. The molecule has 1 amide bonds. The first kappa shape index (κ1) is 71.2. The maximum absolute atomic E-state index is 13.0. The van der Waals surface area contributed by atoms with E-state index in [2.05, 4.69) is 116 Å². The molecule has 74 heavy (non-hydrogen) atoms. The highest BCUT2D eigenvalue weighted by molar-refractivity contribution is 7.45. The summed E-state index contributed by atoms with van der Waals surface area (Å²) in [6.07, 6.45) is 80.4. The van der Waals surface area contributed by atoms with Crippen LogP contribution in [0, 0.1) is 0 Å². The quantitative estimate of drug-likeness (QED) is 0.0272. The van der Waals surface area contributed by atoms with Crippen LogP contribution in [-0.4, -0.2) is 68.5 Å². The zero-order valence-electron chi connectivity index (χ0n) is 48.5. The number of aliphatic hydroxyl groups is 1. The van der Waals surface area contributed by atoms with Crippen molar-refractivity contribution in [1.29, 1.82) is 0 Å². The second-order valence-corrected chi connectivity index (χ2v) is 22.7. The molecule has 0 aliphatic rings.